The molecule has 1 aliphatic heterocycles. The summed E-state index contributed by atoms with van der Waals surface area (Å²) in [7, 11) is 0. The van der Waals surface area contributed by atoms with Gasteiger partial charge in [-0.15, -0.1) is 0 Å². The Morgan fingerprint density at radius 3 is 2.33 bits per heavy atom. The van der Waals surface area contributed by atoms with Crippen LogP contribution in [0, 0.1) is 0 Å². The largest absolute Gasteiger partial charge is 0.314 e. The molecule has 0 radical (unpaired) electrons. The SMILES string of the molecule is CCCCCC(CCC)N1CCNCC1. The summed E-state index contributed by atoms with van der Waals surface area (Å²) < 4.78 is 0. The fourth-order valence-electron chi connectivity index (χ4n) is 2.52. The predicted octanol–water partition coefficient (Wildman–Crippen LogP) is 2.64. The lowest BCUT2D eigenvalue weighted by Gasteiger charge is -2.35. The normalized spacial score (nSPS) is 20.4. The molecular formula is C13H28N2. The number of unbranched alkanes of at least 4 members (excludes halogenated alkanes) is 2. The summed E-state index contributed by atoms with van der Waals surface area (Å²) in [5.41, 5.74) is 0. The van der Waals surface area contributed by atoms with E-state index < -0.39 is 0 Å². The van der Waals surface area contributed by atoms with Crippen LogP contribution in [-0.2, 0) is 0 Å². The van der Waals surface area contributed by atoms with Crippen LogP contribution in [0.5, 0.6) is 0 Å². The monoisotopic (exact) mass is 212 g/mol. The minimum absolute atomic E-state index is 0.864. The van der Waals surface area contributed by atoms with E-state index in [1.54, 1.807) is 0 Å². The molecular weight excluding hydrogens is 184 g/mol. The van der Waals surface area contributed by atoms with Crippen molar-refractivity contribution in [2.24, 2.45) is 0 Å². The number of nitrogens with zero attached hydrogens (tertiary/aromatic N) is 1. The van der Waals surface area contributed by atoms with Crippen LogP contribution in [0.25, 0.3) is 0 Å². The number of nitrogens with one attached hydrogen (secondary N) is 1. The highest BCUT2D eigenvalue weighted by molar-refractivity contribution is 4.76. The molecule has 0 aromatic heterocycles. The van der Waals surface area contributed by atoms with Crippen LogP contribution < -0.4 is 5.32 Å². The average molecular weight is 212 g/mol. The van der Waals surface area contributed by atoms with E-state index in [-0.39, 0.29) is 0 Å². The summed E-state index contributed by atoms with van der Waals surface area (Å²) >= 11 is 0. The lowest BCUT2D eigenvalue weighted by atomic mass is 10.0. The molecule has 0 aliphatic carbocycles. The van der Waals surface area contributed by atoms with Gasteiger partial charge in [0.2, 0.25) is 0 Å². The topological polar surface area (TPSA) is 15.3 Å². The van der Waals surface area contributed by atoms with Crippen LogP contribution in [0.15, 0.2) is 0 Å². The molecule has 0 aromatic carbocycles. The Morgan fingerprint density at radius 1 is 1.00 bits per heavy atom. The van der Waals surface area contributed by atoms with Gasteiger partial charge in [0.05, 0.1) is 0 Å². The molecule has 15 heavy (non-hydrogen) atoms. The third kappa shape index (κ3) is 4.98. The van der Waals surface area contributed by atoms with Crippen LogP contribution in [0.3, 0.4) is 0 Å². The summed E-state index contributed by atoms with van der Waals surface area (Å²) in [6.07, 6.45) is 8.32. The van der Waals surface area contributed by atoms with E-state index in [1.165, 1.54) is 64.7 Å². The van der Waals surface area contributed by atoms with Crippen molar-refractivity contribution in [3.05, 3.63) is 0 Å². The molecule has 0 saturated carbocycles. The van der Waals surface area contributed by atoms with Crippen LogP contribution in [0.2, 0.25) is 0 Å². The maximum atomic E-state index is 3.44. The van der Waals surface area contributed by atoms with Crippen molar-refractivity contribution in [3.8, 4) is 0 Å². The van der Waals surface area contributed by atoms with Crippen LogP contribution in [-0.4, -0.2) is 37.1 Å². The van der Waals surface area contributed by atoms with Crippen molar-refractivity contribution < 1.29 is 0 Å². The first-order valence-corrected chi connectivity index (χ1v) is 6.83. The van der Waals surface area contributed by atoms with Crippen molar-refractivity contribution in [2.45, 2.75) is 58.4 Å². The molecule has 0 bridgehead atoms. The Kier molecular flexibility index (Phi) is 7.03. The van der Waals surface area contributed by atoms with Gasteiger partial charge in [0.1, 0.15) is 0 Å². The summed E-state index contributed by atoms with van der Waals surface area (Å²) in [6.45, 7) is 9.50. The van der Waals surface area contributed by atoms with E-state index in [1.807, 2.05) is 0 Å². The van der Waals surface area contributed by atoms with Gasteiger partial charge in [0.15, 0.2) is 0 Å². The maximum absolute atomic E-state index is 3.44. The summed E-state index contributed by atoms with van der Waals surface area (Å²) in [5, 5.41) is 3.44. The molecule has 0 aromatic rings. The molecule has 1 fully saturated rings. The maximum Gasteiger partial charge on any atom is 0.0110 e. The zero-order valence-corrected chi connectivity index (χ0v) is 10.6. The predicted molar refractivity (Wildman–Crippen MR) is 67.3 cm³/mol. The molecule has 1 saturated heterocycles. The van der Waals surface area contributed by atoms with Gasteiger partial charge in [-0.25, -0.2) is 0 Å². The van der Waals surface area contributed by atoms with Crippen molar-refractivity contribution in [2.75, 3.05) is 26.2 Å². The van der Waals surface area contributed by atoms with Gasteiger partial charge in [-0.3, -0.25) is 4.90 Å². The number of rotatable bonds is 7. The highest BCUT2D eigenvalue weighted by Gasteiger charge is 2.18. The lowest BCUT2D eigenvalue weighted by Crippen LogP contribution is -2.48. The van der Waals surface area contributed by atoms with Crippen molar-refractivity contribution >= 4 is 0 Å². The summed E-state index contributed by atoms with van der Waals surface area (Å²) in [5.74, 6) is 0. The fraction of sp³-hybridized carbons (Fsp3) is 1.00. The zero-order valence-electron chi connectivity index (χ0n) is 10.6. The van der Waals surface area contributed by atoms with Gasteiger partial charge in [-0.2, -0.15) is 0 Å². The first kappa shape index (κ1) is 13.0. The first-order valence-electron chi connectivity index (χ1n) is 6.83. The van der Waals surface area contributed by atoms with Crippen LogP contribution >= 0.6 is 0 Å². The van der Waals surface area contributed by atoms with Gasteiger partial charge in [-0.1, -0.05) is 39.5 Å². The number of hydrogen-bond donors (Lipinski definition) is 1. The lowest BCUT2D eigenvalue weighted by molar-refractivity contribution is 0.153. The Bertz CT molecular complexity index is 141. The minimum Gasteiger partial charge on any atom is -0.314 e. The Labute approximate surface area is 95.4 Å². The van der Waals surface area contributed by atoms with Crippen LogP contribution in [0.1, 0.15) is 52.4 Å². The highest BCUT2D eigenvalue weighted by Crippen LogP contribution is 2.15. The molecule has 1 unspecified atom stereocenters. The third-order valence-corrected chi connectivity index (χ3v) is 3.43. The van der Waals surface area contributed by atoms with E-state index in [0.29, 0.717) is 0 Å². The number of hydrogen-bond acceptors (Lipinski definition) is 2. The van der Waals surface area contributed by atoms with Gasteiger partial charge in [-0.05, 0) is 12.8 Å². The van der Waals surface area contributed by atoms with Gasteiger partial charge >= 0.3 is 0 Å². The smallest absolute Gasteiger partial charge is 0.0110 e. The molecule has 1 aliphatic rings. The molecule has 0 spiro atoms. The van der Waals surface area contributed by atoms with Gasteiger partial charge in [0, 0.05) is 32.2 Å². The molecule has 1 rings (SSSR count). The van der Waals surface area contributed by atoms with E-state index in [0.717, 1.165) is 6.04 Å². The van der Waals surface area contributed by atoms with Crippen molar-refractivity contribution in [3.63, 3.8) is 0 Å². The zero-order chi connectivity index (χ0) is 10.9. The van der Waals surface area contributed by atoms with E-state index in [4.69, 9.17) is 0 Å². The first-order chi connectivity index (χ1) is 7.38. The second-order valence-electron chi connectivity index (χ2n) is 4.72. The molecule has 2 nitrogen and oxygen atoms in total. The van der Waals surface area contributed by atoms with Crippen molar-refractivity contribution in [1.29, 1.82) is 0 Å². The molecule has 0 amide bonds. The average Bonchev–Trinajstić information content (AvgIpc) is 2.29. The molecule has 1 atom stereocenters. The standard InChI is InChI=1S/C13H28N2/c1-3-5-6-8-13(7-4-2)15-11-9-14-10-12-15/h13-14H,3-12H2,1-2H3. The minimum atomic E-state index is 0.864. The van der Waals surface area contributed by atoms with E-state index in [9.17, 15) is 0 Å². The molecule has 90 valence electrons. The van der Waals surface area contributed by atoms with Gasteiger partial charge < -0.3 is 5.32 Å². The molecule has 2 heteroatoms. The third-order valence-electron chi connectivity index (χ3n) is 3.43. The van der Waals surface area contributed by atoms with E-state index >= 15 is 0 Å². The van der Waals surface area contributed by atoms with Crippen molar-refractivity contribution in [1.82, 2.24) is 10.2 Å². The second-order valence-corrected chi connectivity index (χ2v) is 4.72. The summed E-state index contributed by atoms with van der Waals surface area (Å²) in [6, 6.07) is 0.864. The molecule has 1 heterocycles. The Hall–Kier alpha value is -0.0800. The van der Waals surface area contributed by atoms with E-state index in [2.05, 4.69) is 24.1 Å². The number of piperazine rings is 1. The molecule has 1 N–H and O–H groups in total. The van der Waals surface area contributed by atoms with Gasteiger partial charge in [0.25, 0.3) is 0 Å². The van der Waals surface area contributed by atoms with Crippen LogP contribution in [0.4, 0.5) is 0 Å². The Balaban J connectivity index is 2.26. The second kappa shape index (κ2) is 8.12. The highest BCUT2D eigenvalue weighted by atomic mass is 15.2. The summed E-state index contributed by atoms with van der Waals surface area (Å²) in [4.78, 5) is 2.70. The quantitative estimate of drug-likeness (QED) is 0.653. The fourth-order valence-corrected chi connectivity index (χ4v) is 2.52. The Morgan fingerprint density at radius 2 is 1.73 bits per heavy atom.